The van der Waals surface area contributed by atoms with Crippen LogP contribution in [-0.2, 0) is 22.4 Å². The van der Waals surface area contributed by atoms with Crippen LogP contribution in [0.4, 0.5) is 18.9 Å². The lowest BCUT2D eigenvalue weighted by Gasteiger charge is -2.36. The summed E-state index contributed by atoms with van der Waals surface area (Å²) in [5, 5.41) is 1.60. The fraction of sp³-hybridized carbons (Fsp3) is 0.435. The highest BCUT2D eigenvalue weighted by Gasteiger charge is 2.33. The number of carbonyl (C=O) groups is 1. The molecule has 3 rings (SSSR count). The molecule has 2 aromatic carbocycles. The van der Waals surface area contributed by atoms with Gasteiger partial charge in [0.1, 0.15) is 12.4 Å². The first-order valence-corrected chi connectivity index (χ1v) is 10.1. The van der Waals surface area contributed by atoms with Crippen molar-refractivity contribution in [3.8, 4) is 5.75 Å². The van der Waals surface area contributed by atoms with Crippen LogP contribution in [0, 0.1) is 5.41 Å². The Morgan fingerprint density at radius 1 is 0.968 bits per heavy atom. The van der Waals surface area contributed by atoms with Gasteiger partial charge in [-0.1, -0.05) is 30.3 Å². The number of hydrogen-bond donors (Lipinski definition) is 0. The first-order chi connectivity index (χ1) is 14.5. The molecule has 5 nitrogen and oxygen atoms in total. The van der Waals surface area contributed by atoms with Crippen LogP contribution in [0.2, 0.25) is 0 Å². The molecule has 168 valence electrons. The fourth-order valence-corrected chi connectivity index (χ4v) is 3.08. The molecule has 0 aromatic heterocycles. The molecule has 1 aliphatic heterocycles. The van der Waals surface area contributed by atoms with Gasteiger partial charge in [0, 0.05) is 13.1 Å². The molecule has 1 aliphatic rings. The third kappa shape index (κ3) is 6.13. The zero-order valence-corrected chi connectivity index (χ0v) is 17.9. The predicted octanol–water partition coefficient (Wildman–Crippen LogP) is 4.91. The largest absolute Gasteiger partial charge is 0.487 e. The molecule has 1 fully saturated rings. The molecule has 0 radical (unpaired) electrons. The number of benzene rings is 2. The van der Waals surface area contributed by atoms with Crippen molar-refractivity contribution in [3.05, 3.63) is 59.7 Å². The molecule has 2 aromatic rings. The second-order valence-electron chi connectivity index (χ2n) is 8.50. The van der Waals surface area contributed by atoms with E-state index in [9.17, 15) is 18.0 Å². The molecule has 0 spiro atoms. The normalized spacial score (nSPS) is 15.6. The van der Waals surface area contributed by atoms with Gasteiger partial charge in [0.25, 0.3) is 0 Å². The third-order valence-electron chi connectivity index (χ3n) is 4.93. The van der Waals surface area contributed by atoms with Crippen LogP contribution >= 0.6 is 0 Å². The summed E-state index contributed by atoms with van der Waals surface area (Å²) < 4.78 is 45.6. The van der Waals surface area contributed by atoms with E-state index in [0.29, 0.717) is 31.9 Å². The Morgan fingerprint density at radius 3 is 2.19 bits per heavy atom. The monoisotopic (exact) mass is 436 g/mol. The van der Waals surface area contributed by atoms with Crippen LogP contribution in [0.3, 0.4) is 0 Å². The first-order valence-electron chi connectivity index (χ1n) is 10.1. The predicted molar refractivity (Wildman–Crippen MR) is 112 cm³/mol. The van der Waals surface area contributed by atoms with Gasteiger partial charge in [-0.3, -0.25) is 0 Å². The van der Waals surface area contributed by atoms with Crippen LogP contribution < -0.4 is 9.64 Å². The summed E-state index contributed by atoms with van der Waals surface area (Å²) in [7, 11) is 0. The Balaban J connectivity index is 1.73. The molecule has 1 saturated heterocycles. The summed E-state index contributed by atoms with van der Waals surface area (Å²) in [6.45, 7) is 7.38. The van der Waals surface area contributed by atoms with E-state index in [1.807, 2.05) is 35.2 Å². The molecule has 0 unspecified atom stereocenters. The number of piperazine rings is 1. The van der Waals surface area contributed by atoms with Crippen molar-refractivity contribution in [1.29, 1.82) is 0 Å². The Kier molecular flexibility index (Phi) is 6.79. The smallest absolute Gasteiger partial charge is 0.416 e. The molecule has 0 bridgehead atoms. The third-order valence-corrected chi connectivity index (χ3v) is 4.93. The van der Waals surface area contributed by atoms with Crippen molar-refractivity contribution in [2.24, 2.45) is 5.41 Å². The number of carbonyl (C=O) groups excluding carboxylic acids is 1. The molecule has 0 saturated carbocycles. The van der Waals surface area contributed by atoms with Crippen molar-refractivity contribution >= 4 is 11.7 Å². The highest BCUT2D eigenvalue weighted by Crippen LogP contribution is 2.37. The van der Waals surface area contributed by atoms with Crippen LogP contribution in [0.1, 0.15) is 31.9 Å². The highest BCUT2D eigenvalue weighted by molar-refractivity contribution is 5.75. The van der Waals surface area contributed by atoms with Crippen molar-refractivity contribution in [1.82, 2.24) is 5.06 Å². The quantitative estimate of drug-likeness (QED) is 0.666. The Bertz CT molecular complexity index is 887. The van der Waals surface area contributed by atoms with Gasteiger partial charge in [0.15, 0.2) is 0 Å². The summed E-state index contributed by atoms with van der Waals surface area (Å²) in [6.07, 6.45) is -4.46. The van der Waals surface area contributed by atoms with Crippen molar-refractivity contribution in [2.45, 2.75) is 33.6 Å². The molecule has 8 heteroatoms. The van der Waals surface area contributed by atoms with Crippen LogP contribution in [-0.4, -0.2) is 37.2 Å². The van der Waals surface area contributed by atoms with E-state index in [4.69, 9.17) is 9.57 Å². The number of rotatable bonds is 5. The maximum Gasteiger partial charge on any atom is 0.416 e. The van der Waals surface area contributed by atoms with Gasteiger partial charge >= 0.3 is 12.1 Å². The number of nitrogens with zero attached hydrogens (tertiary/aromatic N) is 2. The van der Waals surface area contributed by atoms with E-state index in [0.717, 1.165) is 17.7 Å². The Morgan fingerprint density at radius 2 is 1.61 bits per heavy atom. The topological polar surface area (TPSA) is 42.0 Å². The first kappa shape index (κ1) is 22.9. The van der Waals surface area contributed by atoms with Gasteiger partial charge in [0.05, 0.1) is 29.8 Å². The van der Waals surface area contributed by atoms with E-state index in [2.05, 4.69) is 0 Å². The number of ether oxygens (including phenoxy) is 1. The lowest BCUT2D eigenvalue weighted by molar-refractivity contribution is -0.201. The summed E-state index contributed by atoms with van der Waals surface area (Å²) >= 11 is 0. The highest BCUT2D eigenvalue weighted by atomic mass is 19.4. The zero-order valence-electron chi connectivity index (χ0n) is 17.9. The minimum Gasteiger partial charge on any atom is -0.487 e. The molecule has 31 heavy (non-hydrogen) atoms. The second-order valence-corrected chi connectivity index (χ2v) is 8.50. The molecule has 0 amide bonds. The summed E-state index contributed by atoms with van der Waals surface area (Å²) in [4.78, 5) is 19.5. The standard InChI is InChI=1S/C23H27F3N2O3/c1-22(2,3)21(29)31-28-13-11-27(12-14-28)19-10-9-18(23(24,25)26)15-20(19)30-16-17-7-5-4-6-8-17/h4-10,15H,11-14,16H2,1-3H3. The van der Waals surface area contributed by atoms with Gasteiger partial charge in [-0.2, -0.15) is 13.2 Å². The van der Waals surface area contributed by atoms with Crippen LogP contribution in [0.15, 0.2) is 48.5 Å². The van der Waals surface area contributed by atoms with Gasteiger partial charge < -0.3 is 14.5 Å². The number of alkyl halides is 3. The average molecular weight is 436 g/mol. The Hall–Kier alpha value is -2.74. The second kappa shape index (κ2) is 9.18. The van der Waals surface area contributed by atoms with Crippen LogP contribution in [0.25, 0.3) is 0 Å². The lowest BCUT2D eigenvalue weighted by atomic mass is 9.98. The zero-order chi connectivity index (χ0) is 22.6. The van der Waals surface area contributed by atoms with Crippen molar-refractivity contribution in [2.75, 3.05) is 31.1 Å². The van der Waals surface area contributed by atoms with Gasteiger partial charge in [0.2, 0.25) is 0 Å². The summed E-state index contributed by atoms with van der Waals surface area (Å²) in [5.74, 6) is -0.138. The number of halogens is 3. The van der Waals surface area contributed by atoms with E-state index < -0.39 is 17.2 Å². The maximum absolute atomic E-state index is 13.2. The summed E-state index contributed by atoms with van der Waals surface area (Å²) in [6, 6.07) is 12.8. The molecule has 0 N–H and O–H groups in total. The minimum absolute atomic E-state index is 0.165. The average Bonchev–Trinajstić information content (AvgIpc) is 2.72. The van der Waals surface area contributed by atoms with E-state index in [1.165, 1.54) is 6.07 Å². The number of hydroxylamine groups is 2. The molecule has 0 aliphatic carbocycles. The van der Waals surface area contributed by atoms with E-state index in [-0.39, 0.29) is 18.3 Å². The summed E-state index contributed by atoms with van der Waals surface area (Å²) in [5.41, 5.74) is 0.0933. The van der Waals surface area contributed by atoms with Gasteiger partial charge in [-0.05, 0) is 44.5 Å². The molecular weight excluding hydrogens is 409 g/mol. The number of anilines is 1. The van der Waals surface area contributed by atoms with Crippen molar-refractivity contribution < 1.29 is 27.5 Å². The fourth-order valence-electron chi connectivity index (χ4n) is 3.08. The maximum atomic E-state index is 13.2. The molecular formula is C23H27F3N2O3. The SMILES string of the molecule is CC(C)(C)C(=O)ON1CCN(c2ccc(C(F)(F)F)cc2OCc2ccccc2)CC1. The van der Waals surface area contributed by atoms with Gasteiger partial charge in [-0.25, -0.2) is 4.79 Å². The Labute approximate surface area is 180 Å². The van der Waals surface area contributed by atoms with Crippen LogP contribution in [0.5, 0.6) is 5.75 Å². The lowest BCUT2D eigenvalue weighted by Crippen LogP contribution is -2.48. The molecule has 0 atom stereocenters. The minimum atomic E-state index is -4.46. The van der Waals surface area contributed by atoms with Gasteiger partial charge in [-0.15, -0.1) is 5.06 Å². The van der Waals surface area contributed by atoms with Crippen molar-refractivity contribution in [3.63, 3.8) is 0 Å². The number of hydrogen-bond acceptors (Lipinski definition) is 5. The molecule has 1 heterocycles. The van der Waals surface area contributed by atoms with E-state index >= 15 is 0 Å². The van der Waals surface area contributed by atoms with E-state index in [1.54, 1.807) is 25.8 Å².